The molecular formula is C12H10BrNO4. The number of pyridine rings is 1. The van der Waals surface area contributed by atoms with Gasteiger partial charge in [0, 0.05) is 16.2 Å². The largest absolute Gasteiger partial charge is 0.478 e. The molecule has 2 rings (SSSR count). The van der Waals surface area contributed by atoms with Crippen molar-refractivity contribution < 1.29 is 14.3 Å². The van der Waals surface area contributed by atoms with Gasteiger partial charge >= 0.3 is 5.97 Å². The van der Waals surface area contributed by atoms with Crippen molar-refractivity contribution >= 4 is 21.9 Å². The average molecular weight is 312 g/mol. The summed E-state index contributed by atoms with van der Waals surface area (Å²) in [7, 11) is 0. The molecule has 0 aromatic carbocycles. The van der Waals surface area contributed by atoms with Crippen LogP contribution in [-0.4, -0.2) is 15.6 Å². The Hall–Kier alpha value is -1.82. The molecule has 0 radical (unpaired) electrons. The Morgan fingerprint density at radius 2 is 2.28 bits per heavy atom. The lowest BCUT2D eigenvalue weighted by molar-refractivity contribution is 0.0694. The summed E-state index contributed by atoms with van der Waals surface area (Å²) < 4.78 is 7.27. The van der Waals surface area contributed by atoms with Crippen LogP contribution in [0.25, 0.3) is 0 Å². The molecule has 6 heteroatoms. The molecule has 0 unspecified atom stereocenters. The number of hydrogen-bond donors (Lipinski definition) is 1. The fourth-order valence-corrected chi connectivity index (χ4v) is 2.26. The zero-order valence-electron chi connectivity index (χ0n) is 9.51. The van der Waals surface area contributed by atoms with Crippen LogP contribution in [0.4, 0.5) is 0 Å². The van der Waals surface area contributed by atoms with Crippen LogP contribution >= 0.6 is 15.9 Å². The molecule has 0 fully saturated rings. The summed E-state index contributed by atoms with van der Waals surface area (Å²) in [4.78, 5) is 22.8. The van der Waals surface area contributed by atoms with Crippen molar-refractivity contribution in [1.82, 2.24) is 4.57 Å². The van der Waals surface area contributed by atoms with Gasteiger partial charge in [-0.3, -0.25) is 4.79 Å². The van der Waals surface area contributed by atoms with Crippen molar-refractivity contribution in [3.63, 3.8) is 0 Å². The molecule has 94 valence electrons. The Labute approximate surface area is 111 Å². The van der Waals surface area contributed by atoms with E-state index < -0.39 is 5.97 Å². The van der Waals surface area contributed by atoms with Crippen LogP contribution < -0.4 is 5.56 Å². The molecule has 0 spiro atoms. The molecule has 0 atom stereocenters. The minimum Gasteiger partial charge on any atom is -0.478 e. The van der Waals surface area contributed by atoms with E-state index in [4.69, 9.17) is 9.52 Å². The van der Waals surface area contributed by atoms with Crippen molar-refractivity contribution in [2.24, 2.45) is 0 Å². The highest BCUT2D eigenvalue weighted by molar-refractivity contribution is 9.10. The molecule has 0 amide bonds. The third-order valence-electron chi connectivity index (χ3n) is 2.52. The maximum Gasteiger partial charge on any atom is 0.339 e. The van der Waals surface area contributed by atoms with E-state index >= 15 is 0 Å². The molecule has 1 N–H and O–H groups in total. The number of aromatic nitrogens is 1. The normalized spacial score (nSPS) is 10.6. The first kappa shape index (κ1) is 12.6. The highest BCUT2D eigenvalue weighted by Crippen LogP contribution is 2.14. The van der Waals surface area contributed by atoms with Crippen LogP contribution in [0.5, 0.6) is 0 Å². The quantitative estimate of drug-likeness (QED) is 0.943. The van der Waals surface area contributed by atoms with Gasteiger partial charge in [-0.15, -0.1) is 0 Å². The number of aryl methyl sites for hydroxylation is 1. The van der Waals surface area contributed by atoms with Gasteiger partial charge in [-0.1, -0.05) is 0 Å². The third kappa shape index (κ3) is 2.38. The van der Waals surface area contributed by atoms with Gasteiger partial charge in [-0.25, -0.2) is 4.79 Å². The summed E-state index contributed by atoms with van der Waals surface area (Å²) in [5, 5.41) is 8.95. The second-order valence-corrected chi connectivity index (χ2v) is 4.75. The number of carboxylic acid groups (broad SMARTS) is 1. The lowest BCUT2D eigenvalue weighted by Gasteiger charge is -2.06. The predicted molar refractivity (Wildman–Crippen MR) is 67.9 cm³/mol. The minimum atomic E-state index is -1.07. The second-order valence-electron chi connectivity index (χ2n) is 3.84. The summed E-state index contributed by atoms with van der Waals surface area (Å²) in [6.07, 6.45) is 2.90. The van der Waals surface area contributed by atoms with Crippen molar-refractivity contribution in [1.29, 1.82) is 0 Å². The van der Waals surface area contributed by atoms with Crippen molar-refractivity contribution in [2.75, 3.05) is 0 Å². The standard InChI is InChI=1S/C12H10BrNO4/c1-7-4-8(13)5-14(11(7)15)6-10-9(12(16)17)2-3-18-10/h2-5H,6H2,1H3,(H,16,17). The number of carbonyl (C=O) groups is 1. The van der Waals surface area contributed by atoms with E-state index in [1.165, 1.54) is 16.9 Å². The van der Waals surface area contributed by atoms with E-state index in [1.54, 1.807) is 19.2 Å². The number of halogens is 1. The van der Waals surface area contributed by atoms with E-state index in [0.29, 0.717) is 5.56 Å². The Bertz CT molecular complexity index is 656. The van der Waals surface area contributed by atoms with E-state index in [-0.39, 0.29) is 23.4 Å². The predicted octanol–water partition coefficient (Wildman–Crippen LogP) is 2.26. The summed E-state index contributed by atoms with van der Waals surface area (Å²) >= 11 is 3.29. The molecule has 2 aromatic heterocycles. The lowest BCUT2D eigenvalue weighted by atomic mass is 10.2. The molecule has 0 aliphatic heterocycles. The van der Waals surface area contributed by atoms with Crippen LogP contribution in [0.3, 0.4) is 0 Å². The summed E-state index contributed by atoms with van der Waals surface area (Å²) in [6, 6.07) is 3.08. The van der Waals surface area contributed by atoms with E-state index in [9.17, 15) is 9.59 Å². The second kappa shape index (κ2) is 4.81. The fourth-order valence-electron chi connectivity index (χ4n) is 1.67. The highest BCUT2D eigenvalue weighted by atomic mass is 79.9. The van der Waals surface area contributed by atoms with Gasteiger partial charge in [0.25, 0.3) is 5.56 Å². The van der Waals surface area contributed by atoms with Gasteiger partial charge in [0.2, 0.25) is 0 Å². The van der Waals surface area contributed by atoms with Gasteiger partial charge in [-0.05, 0) is 35.0 Å². The first-order chi connectivity index (χ1) is 8.49. The average Bonchev–Trinajstić information content (AvgIpc) is 2.73. The molecule has 2 aromatic rings. The smallest absolute Gasteiger partial charge is 0.339 e. The highest BCUT2D eigenvalue weighted by Gasteiger charge is 2.14. The SMILES string of the molecule is Cc1cc(Br)cn(Cc2occc2C(=O)O)c1=O. The molecular weight excluding hydrogens is 302 g/mol. The van der Waals surface area contributed by atoms with Gasteiger partial charge in [-0.2, -0.15) is 0 Å². The Balaban J connectivity index is 2.43. The first-order valence-corrected chi connectivity index (χ1v) is 5.94. The van der Waals surface area contributed by atoms with Crippen LogP contribution in [0.2, 0.25) is 0 Å². The lowest BCUT2D eigenvalue weighted by Crippen LogP contribution is -2.22. The van der Waals surface area contributed by atoms with Crippen molar-refractivity contribution in [3.8, 4) is 0 Å². The summed E-state index contributed by atoms with van der Waals surface area (Å²) in [6.45, 7) is 1.79. The maximum atomic E-state index is 11.9. The van der Waals surface area contributed by atoms with Crippen molar-refractivity contribution in [2.45, 2.75) is 13.5 Å². The number of nitrogens with zero attached hydrogens (tertiary/aromatic N) is 1. The van der Waals surface area contributed by atoms with Crippen LogP contribution in [0.15, 0.2) is 38.3 Å². The molecule has 0 saturated heterocycles. The monoisotopic (exact) mass is 311 g/mol. The Kier molecular flexibility index (Phi) is 3.38. The third-order valence-corrected chi connectivity index (χ3v) is 2.96. The molecule has 2 heterocycles. The van der Waals surface area contributed by atoms with E-state index in [2.05, 4.69) is 15.9 Å². The van der Waals surface area contributed by atoms with Gasteiger partial charge in [0.1, 0.15) is 11.3 Å². The van der Waals surface area contributed by atoms with Crippen molar-refractivity contribution in [3.05, 3.63) is 56.3 Å². The first-order valence-electron chi connectivity index (χ1n) is 5.15. The number of carboxylic acids is 1. The molecule has 0 bridgehead atoms. The summed E-state index contributed by atoms with van der Waals surface area (Å²) in [5.74, 6) is -0.819. The number of rotatable bonds is 3. The van der Waals surface area contributed by atoms with Gasteiger partial charge < -0.3 is 14.1 Å². The molecule has 5 nitrogen and oxygen atoms in total. The fraction of sp³-hybridized carbons (Fsp3) is 0.167. The number of furan rings is 1. The minimum absolute atomic E-state index is 0.0690. The Morgan fingerprint density at radius 1 is 1.56 bits per heavy atom. The zero-order valence-corrected chi connectivity index (χ0v) is 11.1. The topological polar surface area (TPSA) is 72.4 Å². The number of aromatic carboxylic acids is 1. The van der Waals surface area contributed by atoms with E-state index in [1.807, 2.05) is 0 Å². The molecule has 0 aliphatic rings. The van der Waals surface area contributed by atoms with Gasteiger partial charge in [0.15, 0.2) is 0 Å². The number of hydrogen-bond acceptors (Lipinski definition) is 3. The van der Waals surface area contributed by atoms with Crippen LogP contribution in [0.1, 0.15) is 21.7 Å². The zero-order chi connectivity index (χ0) is 13.3. The molecule has 0 saturated carbocycles. The summed E-state index contributed by atoms with van der Waals surface area (Å²) in [5.41, 5.74) is 0.471. The Morgan fingerprint density at radius 3 is 2.94 bits per heavy atom. The molecule has 18 heavy (non-hydrogen) atoms. The van der Waals surface area contributed by atoms with E-state index in [0.717, 1.165) is 4.47 Å². The van der Waals surface area contributed by atoms with Crippen LogP contribution in [-0.2, 0) is 6.54 Å². The van der Waals surface area contributed by atoms with Crippen LogP contribution in [0, 0.1) is 6.92 Å². The van der Waals surface area contributed by atoms with Gasteiger partial charge in [0.05, 0.1) is 12.8 Å². The molecule has 0 aliphatic carbocycles. The maximum absolute atomic E-state index is 11.9.